The number of ether oxygens (including phenoxy) is 2. The van der Waals surface area contributed by atoms with Crippen LogP contribution in [0, 0.1) is 0 Å². The van der Waals surface area contributed by atoms with Crippen molar-refractivity contribution in [1.82, 2.24) is 5.32 Å². The van der Waals surface area contributed by atoms with Crippen molar-refractivity contribution in [2.24, 2.45) is 0 Å². The van der Waals surface area contributed by atoms with Gasteiger partial charge in [0.05, 0.1) is 25.4 Å². The molecule has 6 N–H and O–H groups in total. The second-order valence-electron chi connectivity index (χ2n) is 16.5. The van der Waals surface area contributed by atoms with Crippen molar-refractivity contribution in [2.45, 2.75) is 249 Å². The highest BCUT2D eigenvalue weighted by atomic mass is 16.7. The van der Waals surface area contributed by atoms with Crippen molar-refractivity contribution in [3.63, 3.8) is 0 Å². The molecular formula is C48H89NO8. The van der Waals surface area contributed by atoms with Crippen LogP contribution in [0.1, 0.15) is 206 Å². The summed E-state index contributed by atoms with van der Waals surface area (Å²) in [5.74, 6) is -0.186. The number of hydrogen-bond donors (Lipinski definition) is 6. The zero-order valence-electron chi connectivity index (χ0n) is 36.6. The second-order valence-corrected chi connectivity index (χ2v) is 16.5. The number of rotatable bonds is 39. The molecule has 7 unspecified atom stereocenters. The topological polar surface area (TPSA) is 149 Å². The van der Waals surface area contributed by atoms with E-state index >= 15 is 0 Å². The van der Waals surface area contributed by atoms with Gasteiger partial charge in [0.2, 0.25) is 5.91 Å². The zero-order chi connectivity index (χ0) is 41.6. The van der Waals surface area contributed by atoms with Crippen molar-refractivity contribution in [2.75, 3.05) is 13.2 Å². The minimum absolute atomic E-state index is 0.186. The Kier molecular flexibility index (Phi) is 36.2. The third kappa shape index (κ3) is 29.3. The highest BCUT2D eigenvalue weighted by Gasteiger charge is 2.44. The Hall–Kier alpha value is -1.59. The fraction of sp³-hybridized carbons (Fsp3) is 0.854. The van der Waals surface area contributed by atoms with Crippen LogP contribution in [0.4, 0.5) is 0 Å². The van der Waals surface area contributed by atoms with Gasteiger partial charge in [0.1, 0.15) is 24.4 Å². The van der Waals surface area contributed by atoms with Crippen molar-refractivity contribution in [3.05, 3.63) is 36.5 Å². The number of allylic oxidation sites excluding steroid dienone is 5. The van der Waals surface area contributed by atoms with E-state index in [2.05, 4.69) is 43.5 Å². The van der Waals surface area contributed by atoms with Crippen LogP contribution < -0.4 is 5.32 Å². The third-order valence-electron chi connectivity index (χ3n) is 11.2. The van der Waals surface area contributed by atoms with Gasteiger partial charge in [-0.1, -0.05) is 185 Å². The maximum absolute atomic E-state index is 12.9. The largest absolute Gasteiger partial charge is 0.394 e. The Labute approximate surface area is 349 Å². The third-order valence-corrected chi connectivity index (χ3v) is 11.2. The molecule has 0 radical (unpaired) electrons. The normalized spacial score (nSPS) is 21.3. The first kappa shape index (κ1) is 53.4. The van der Waals surface area contributed by atoms with E-state index in [4.69, 9.17) is 9.47 Å². The number of carbonyl (C=O) groups excluding carboxylic acids is 1. The fourth-order valence-corrected chi connectivity index (χ4v) is 7.36. The van der Waals surface area contributed by atoms with Gasteiger partial charge in [0, 0.05) is 6.42 Å². The lowest BCUT2D eigenvalue weighted by molar-refractivity contribution is -0.302. The number of aliphatic hydroxyl groups is 5. The molecule has 0 saturated carbocycles. The summed E-state index contributed by atoms with van der Waals surface area (Å²) in [5.41, 5.74) is 0. The van der Waals surface area contributed by atoms with Gasteiger partial charge >= 0.3 is 0 Å². The quantitative estimate of drug-likeness (QED) is 0.0266. The lowest BCUT2D eigenvalue weighted by Crippen LogP contribution is -2.60. The van der Waals surface area contributed by atoms with E-state index in [1.165, 1.54) is 128 Å². The van der Waals surface area contributed by atoms with Gasteiger partial charge in [0.25, 0.3) is 0 Å². The molecular weight excluding hydrogens is 719 g/mol. The maximum atomic E-state index is 12.9. The van der Waals surface area contributed by atoms with Crippen LogP contribution in [-0.2, 0) is 14.3 Å². The molecule has 334 valence electrons. The molecule has 0 aromatic heterocycles. The summed E-state index contributed by atoms with van der Waals surface area (Å²) in [4.78, 5) is 12.9. The molecule has 0 bridgehead atoms. The number of aliphatic hydroxyl groups excluding tert-OH is 5. The average Bonchev–Trinajstić information content (AvgIpc) is 3.21. The Morgan fingerprint density at radius 1 is 0.596 bits per heavy atom. The molecule has 9 heteroatoms. The highest BCUT2D eigenvalue weighted by Crippen LogP contribution is 2.22. The predicted molar refractivity (Wildman–Crippen MR) is 235 cm³/mol. The first-order valence-corrected chi connectivity index (χ1v) is 23.7. The van der Waals surface area contributed by atoms with Crippen LogP contribution in [0.2, 0.25) is 0 Å². The molecule has 0 aromatic rings. The van der Waals surface area contributed by atoms with E-state index in [1.54, 1.807) is 6.08 Å². The van der Waals surface area contributed by atoms with Gasteiger partial charge in [-0.15, -0.1) is 0 Å². The SMILES string of the molecule is CCCCCCCCCCC/C=C\C/C=C\CCCCCCCCCC(=O)NC(COC1OC(CO)C(O)C(O)C1O)C(O)/C=C/CCCCCCCCCCC. The molecule has 0 aromatic carbocycles. The van der Waals surface area contributed by atoms with Gasteiger partial charge in [0.15, 0.2) is 6.29 Å². The Morgan fingerprint density at radius 2 is 1.04 bits per heavy atom. The smallest absolute Gasteiger partial charge is 0.220 e. The van der Waals surface area contributed by atoms with Crippen LogP contribution >= 0.6 is 0 Å². The van der Waals surface area contributed by atoms with E-state index in [1.807, 2.05) is 6.08 Å². The average molecular weight is 808 g/mol. The first-order chi connectivity index (χ1) is 27.8. The lowest BCUT2D eigenvalue weighted by atomic mass is 9.99. The highest BCUT2D eigenvalue weighted by molar-refractivity contribution is 5.76. The first-order valence-electron chi connectivity index (χ1n) is 23.7. The molecule has 1 aliphatic rings. The summed E-state index contributed by atoms with van der Waals surface area (Å²) in [6.07, 6.45) is 40.5. The van der Waals surface area contributed by atoms with Crippen molar-refractivity contribution in [1.29, 1.82) is 0 Å². The summed E-state index contributed by atoms with van der Waals surface area (Å²) >= 11 is 0. The van der Waals surface area contributed by atoms with Crippen LogP contribution in [0.25, 0.3) is 0 Å². The molecule has 57 heavy (non-hydrogen) atoms. The minimum Gasteiger partial charge on any atom is -0.394 e. The van der Waals surface area contributed by atoms with Gasteiger partial charge in [-0.2, -0.15) is 0 Å². The fourth-order valence-electron chi connectivity index (χ4n) is 7.36. The molecule has 1 rings (SSSR count). The van der Waals surface area contributed by atoms with E-state index < -0.39 is 49.5 Å². The zero-order valence-corrected chi connectivity index (χ0v) is 36.6. The summed E-state index contributed by atoms with van der Waals surface area (Å²) < 4.78 is 11.2. The molecule has 9 nitrogen and oxygen atoms in total. The van der Waals surface area contributed by atoms with Crippen molar-refractivity contribution < 1.29 is 39.8 Å². The molecule has 1 aliphatic heterocycles. The van der Waals surface area contributed by atoms with Crippen molar-refractivity contribution >= 4 is 5.91 Å². The lowest BCUT2D eigenvalue weighted by Gasteiger charge is -2.40. The molecule has 7 atom stereocenters. The van der Waals surface area contributed by atoms with E-state index in [0.717, 1.165) is 57.8 Å². The second kappa shape index (κ2) is 38.6. The van der Waals surface area contributed by atoms with Gasteiger partial charge in [-0.25, -0.2) is 0 Å². The summed E-state index contributed by atoms with van der Waals surface area (Å²) in [6.45, 7) is 3.75. The molecule has 1 heterocycles. The molecule has 0 spiro atoms. The van der Waals surface area contributed by atoms with Gasteiger partial charge in [-0.05, 0) is 51.4 Å². The van der Waals surface area contributed by atoms with Crippen molar-refractivity contribution in [3.8, 4) is 0 Å². The van der Waals surface area contributed by atoms with E-state index in [-0.39, 0.29) is 12.5 Å². The van der Waals surface area contributed by atoms with Crippen LogP contribution in [0.15, 0.2) is 36.5 Å². The summed E-state index contributed by atoms with van der Waals surface area (Å²) in [5, 5.41) is 54.1. The number of amides is 1. The van der Waals surface area contributed by atoms with E-state index in [0.29, 0.717) is 6.42 Å². The Balaban J connectivity index is 2.28. The number of unbranched alkanes of at least 4 members (excludes halogenated alkanes) is 25. The molecule has 1 amide bonds. The number of nitrogens with one attached hydrogen (secondary N) is 1. The van der Waals surface area contributed by atoms with Crippen LogP contribution in [0.3, 0.4) is 0 Å². The van der Waals surface area contributed by atoms with Crippen LogP contribution in [0.5, 0.6) is 0 Å². The van der Waals surface area contributed by atoms with Gasteiger partial charge in [-0.3, -0.25) is 4.79 Å². The molecule has 0 aliphatic carbocycles. The number of carbonyl (C=O) groups is 1. The van der Waals surface area contributed by atoms with E-state index in [9.17, 15) is 30.3 Å². The molecule has 1 fully saturated rings. The predicted octanol–water partition coefficient (Wildman–Crippen LogP) is 10.1. The summed E-state index contributed by atoms with van der Waals surface area (Å²) in [7, 11) is 0. The van der Waals surface area contributed by atoms with Gasteiger partial charge < -0.3 is 40.3 Å². The standard InChI is InChI=1S/C48H89NO8/c1-3-5-7-9-11-13-15-16-17-18-19-20-21-22-23-24-25-26-28-30-32-34-36-38-44(52)49-41(40-56-48-47(55)46(54)45(53)43(39-50)57-48)42(51)37-35-33-31-29-27-14-12-10-8-6-4-2/h19-20,22-23,35,37,41-43,45-48,50-51,53-55H,3-18,21,24-34,36,38-40H2,1-2H3,(H,49,52)/b20-19-,23-22-,37-35+. The Morgan fingerprint density at radius 3 is 1.51 bits per heavy atom. The van der Waals surface area contributed by atoms with Crippen LogP contribution in [-0.4, -0.2) is 87.5 Å². The minimum atomic E-state index is -1.57. The molecule has 1 saturated heterocycles. The number of hydrogen-bond acceptors (Lipinski definition) is 8. The Bertz CT molecular complexity index is 987. The maximum Gasteiger partial charge on any atom is 0.220 e. The summed E-state index contributed by atoms with van der Waals surface area (Å²) in [6, 6.07) is -0.807. The monoisotopic (exact) mass is 808 g/mol.